The molecule has 0 aromatic heterocycles. The van der Waals surface area contributed by atoms with Crippen molar-refractivity contribution in [3.63, 3.8) is 0 Å². The molecular formula is C27H32N4O4. The smallest absolute Gasteiger partial charge is 0.308 e. The second-order valence-corrected chi connectivity index (χ2v) is 9.20. The molecule has 1 fully saturated rings. The number of hydrogen-bond donors (Lipinski definition) is 2. The first-order chi connectivity index (χ1) is 16.8. The van der Waals surface area contributed by atoms with E-state index in [1.165, 1.54) is 5.01 Å². The first-order valence-corrected chi connectivity index (χ1v) is 12.1. The third kappa shape index (κ3) is 5.06. The fourth-order valence-corrected chi connectivity index (χ4v) is 4.70. The van der Waals surface area contributed by atoms with E-state index in [-0.39, 0.29) is 35.2 Å². The number of carbonyl (C=O) groups is 2. The fourth-order valence-electron chi connectivity index (χ4n) is 4.70. The summed E-state index contributed by atoms with van der Waals surface area (Å²) in [5.41, 5.74) is 7.59. The van der Waals surface area contributed by atoms with E-state index in [2.05, 4.69) is 15.6 Å². The van der Waals surface area contributed by atoms with Crippen molar-refractivity contribution in [2.45, 2.75) is 59.3 Å². The van der Waals surface area contributed by atoms with Gasteiger partial charge < -0.3 is 9.84 Å². The lowest BCUT2D eigenvalue weighted by Gasteiger charge is -2.28. The summed E-state index contributed by atoms with van der Waals surface area (Å²) < 4.78 is 5.21. The zero-order valence-electron chi connectivity index (χ0n) is 20.7. The molecule has 35 heavy (non-hydrogen) atoms. The molecule has 2 aromatic carbocycles. The average molecular weight is 477 g/mol. The van der Waals surface area contributed by atoms with E-state index in [0.29, 0.717) is 30.1 Å². The molecule has 1 saturated carbocycles. The fraction of sp³-hybridized carbons (Fsp3) is 0.407. The SMILES string of the molecule is CCOC(=O)C1CCCC(c2cccc(NN=C3C(=O)N(c4ccc(C)c(C)c4)N=C3C)c2O)C1. The number of phenolic OH excluding ortho intramolecular Hbond substituents is 1. The van der Waals surface area contributed by atoms with Gasteiger partial charge in [0.05, 0.1) is 29.6 Å². The predicted molar refractivity (Wildman–Crippen MR) is 137 cm³/mol. The number of para-hydroxylation sites is 1. The minimum absolute atomic E-state index is 0.0456. The summed E-state index contributed by atoms with van der Waals surface area (Å²) in [6.45, 7) is 7.91. The van der Waals surface area contributed by atoms with Gasteiger partial charge in [0.15, 0.2) is 5.71 Å². The molecule has 1 aliphatic heterocycles. The quantitative estimate of drug-likeness (QED) is 0.345. The van der Waals surface area contributed by atoms with Crippen LogP contribution in [0.25, 0.3) is 0 Å². The first-order valence-electron chi connectivity index (χ1n) is 12.1. The number of hydrazone groups is 2. The van der Waals surface area contributed by atoms with Gasteiger partial charge in [0.25, 0.3) is 0 Å². The molecule has 2 unspecified atom stereocenters. The third-order valence-corrected chi connectivity index (χ3v) is 6.81. The highest BCUT2D eigenvalue weighted by molar-refractivity contribution is 6.71. The van der Waals surface area contributed by atoms with Gasteiger partial charge in [-0.2, -0.15) is 15.2 Å². The molecule has 0 bridgehead atoms. The maximum Gasteiger partial charge on any atom is 0.308 e. The molecule has 0 radical (unpaired) electrons. The van der Waals surface area contributed by atoms with E-state index < -0.39 is 0 Å². The van der Waals surface area contributed by atoms with Crippen LogP contribution >= 0.6 is 0 Å². The normalized spacial score (nSPS) is 21.3. The molecule has 2 aliphatic rings. The Hall–Kier alpha value is -3.68. The van der Waals surface area contributed by atoms with E-state index in [9.17, 15) is 14.7 Å². The Morgan fingerprint density at radius 1 is 1.20 bits per heavy atom. The second kappa shape index (κ2) is 10.3. The number of nitrogens with zero attached hydrogens (tertiary/aromatic N) is 3. The molecule has 0 saturated heterocycles. The van der Waals surface area contributed by atoms with Crippen molar-refractivity contribution < 1.29 is 19.4 Å². The van der Waals surface area contributed by atoms with Crippen molar-refractivity contribution >= 4 is 34.7 Å². The number of amides is 1. The molecule has 0 spiro atoms. The molecule has 2 atom stereocenters. The van der Waals surface area contributed by atoms with Crippen molar-refractivity contribution in [2.24, 2.45) is 16.1 Å². The van der Waals surface area contributed by atoms with E-state index >= 15 is 0 Å². The highest BCUT2D eigenvalue weighted by Gasteiger charge is 2.32. The van der Waals surface area contributed by atoms with Gasteiger partial charge in [-0.05, 0) is 87.8 Å². The molecule has 1 amide bonds. The van der Waals surface area contributed by atoms with Crippen molar-refractivity contribution in [3.05, 3.63) is 53.1 Å². The first kappa shape index (κ1) is 24.4. The number of aryl methyl sites for hydroxylation is 2. The van der Waals surface area contributed by atoms with Crippen LogP contribution in [0.15, 0.2) is 46.6 Å². The molecule has 1 heterocycles. The molecule has 4 rings (SSSR count). The van der Waals surface area contributed by atoms with Crippen molar-refractivity contribution in [1.82, 2.24) is 0 Å². The van der Waals surface area contributed by atoms with Crippen LogP contribution in [0.1, 0.15) is 62.1 Å². The van der Waals surface area contributed by atoms with Crippen LogP contribution in [0.2, 0.25) is 0 Å². The van der Waals surface area contributed by atoms with E-state index in [1.807, 2.05) is 51.1 Å². The molecule has 8 nitrogen and oxygen atoms in total. The van der Waals surface area contributed by atoms with Gasteiger partial charge in [-0.25, -0.2) is 0 Å². The largest absolute Gasteiger partial charge is 0.505 e. The van der Waals surface area contributed by atoms with Gasteiger partial charge >= 0.3 is 11.9 Å². The van der Waals surface area contributed by atoms with Gasteiger partial charge in [-0.15, -0.1) is 0 Å². The number of phenols is 1. The molecule has 2 aromatic rings. The van der Waals surface area contributed by atoms with Gasteiger partial charge in [-0.3, -0.25) is 15.0 Å². The number of rotatable bonds is 6. The van der Waals surface area contributed by atoms with Crippen molar-refractivity contribution in [2.75, 3.05) is 17.0 Å². The number of nitrogens with one attached hydrogen (secondary N) is 1. The predicted octanol–water partition coefficient (Wildman–Crippen LogP) is 5.04. The highest BCUT2D eigenvalue weighted by atomic mass is 16.5. The standard InChI is InChI=1S/C27H32N4O4/c1-5-35-27(34)20-9-6-8-19(15-20)22-10-7-11-23(25(22)32)28-29-24-18(4)30-31(26(24)33)21-13-12-16(2)17(3)14-21/h7,10-14,19-20,28,32H,5-6,8-9,15H2,1-4H3. The Morgan fingerprint density at radius 2 is 2.00 bits per heavy atom. The third-order valence-electron chi connectivity index (χ3n) is 6.81. The number of benzene rings is 2. The average Bonchev–Trinajstić information content (AvgIpc) is 3.13. The van der Waals surface area contributed by atoms with E-state index in [0.717, 1.165) is 36.0 Å². The van der Waals surface area contributed by atoms with Gasteiger partial charge in [0.1, 0.15) is 5.75 Å². The van der Waals surface area contributed by atoms with Crippen molar-refractivity contribution in [3.8, 4) is 5.75 Å². The zero-order valence-corrected chi connectivity index (χ0v) is 20.7. The van der Waals surface area contributed by atoms with E-state index in [1.54, 1.807) is 13.0 Å². The van der Waals surface area contributed by atoms with Crippen LogP contribution in [0.5, 0.6) is 5.75 Å². The Labute approximate surface area is 205 Å². The molecule has 8 heteroatoms. The summed E-state index contributed by atoms with van der Waals surface area (Å²) in [6, 6.07) is 11.2. The van der Waals surface area contributed by atoms with Crippen LogP contribution < -0.4 is 10.4 Å². The summed E-state index contributed by atoms with van der Waals surface area (Å²) in [7, 11) is 0. The maximum atomic E-state index is 13.0. The minimum Gasteiger partial charge on any atom is -0.505 e. The topological polar surface area (TPSA) is 104 Å². The Kier molecular flexibility index (Phi) is 7.19. The minimum atomic E-state index is -0.335. The lowest BCUT2D eigenvalue weighted by Crippen LogP contribution is -2.28. The molecule has 184 valence electrons. The van der Waals surface area contributed by atoms with Crippen LogP contribution in [-0.2, 0) is 14.3 Å². The monoisotopic (exact) mass is 476 g/mol. The molecule has 1 aliphatic carbocycles. The Morgan fingerprint density at radius 3 is 2.74 bits per heavy atom. The number of carbonyl (C=O) groups excluding carboxylic acids is 2. The number of hydrogen-bond acceptors (Lipinski definition) is 7. The summed E-state index contributed by atoms with van der Waals surface area (Å²) in [6.07, 6.45) is 3.22. The van der Waals surface area contributed by atoms with Gasteiger partial charge in [0, 0.05) is 0 Å². The summed E-state index contributed by atoms with van der Waals surface area (Å²) in [4.78, 5) is 25.3. The Balaban J connectivity index is 1.51. The lowest BCUT2D eigenvalue weighted by atomic mass is 9.77. The van der Waals surface area contributed by atoms with Crippen LogP contribution in [0.3, 0.4) is 0 Å². The molecule has 2 N–H and O–H groups in total. The summed E-state index contributed by atoms with van der Waals surface area (Å²) in [5.74, 6) is -0.531. The van der Waals surface area contributed by atoms with Gasteiger partial charge in [-0.1, -0.05) is 24.6 Å². The number of anilines is 2. The number of aromatic hydroxyl groups is 1. The van der Waals surface area contributed by atoms with Crippen molar-refractivity contribution in [1.29, 1.82) is 0 Å². The zero-order chi connectivity index (χ0) is 25.1. The van der Waals surface area contributed by atoms with Crippen LogP contribution in [0, 0.1) is 19.8 Å². The summed E-state index contributed by atoms with van der Waals surface area (Å²) in [5, 5.41) is 21.0. The number of ether oxygens (including phenoxy) is 1. The highest BCUT2D eigenvalue weighted by Crippen LogP contribution is 2.42. The lowest BCUT2D eigenvalue weighted by molar-refractivity contribution is -0.149. The summed E-state index contributed by atoms with van der Waals surface area (Å²) >= 11 is 0. The maximum absolute atomic E-state index is 13.0. The van der Waals surface area contributed by atoms with E-state index in [4.69, 9.17) is 4.74 Å². The molecular weight excluding hydrogens is 444 g/mol. The van der Waals surface area contributed by atoms with Crippen LogP contribution in [-0.4, -0.2) is 35.0 Å². The number of esters is 1. The second-order valence-electron chi connectivity index (χ2n) is 9.20. The van der Waals surface area contributed by atoms with Gasteiger partial charge in [0.2, 0.25) is 0 Å². The van der Waals surface area contributed by atoms with Crippen LogP contribution in [0.4, 0.5) is 11.4 Å². The Bertz CT molecular complexity index is 1200.